The summed E-state index contributed by atoms with van der Waals surface area (Å²) in [6, 6.07) is 11.6. The third-order valence-electron chi connectivity index (χ3n) is 3.20. The van der Waals surface area contributed by atoms with Crippen LogP contribution in [0.5, 0.6) is 0 Å². The Kier molecular flexibility index (Phi) is 2.93. The predicted octanol–water partition coefficient (Wildman–Crippen LogP) is 2.12. The van der Waals surface area contributed by atoms with Crippen LogP contribution in [0, 0.1) is 0 Å². The number of benzene rings is 1. The standard InChI is InChI=1S/C15H11N7/c1-2-6-13-12(5-1)19-14(15-21-18-10-22(13)15)20-17-9-11-4-3-7-16-8-11/h1-10H,(H,19,20). The first kappa shape index (κ1) is 12.4. The lowest BCUT2D eigenvalue weighted by molar-refractivity contribution is 1.11. The van der Waals surface area contributed by atoms with Gasteiger partial charge in [0, 0.05) is 18.0 Å². The molecule has 0 amide bonds. The molecular formula is C15H11N7. The molecule has 1 aromatic carbocycles. The molecule has 0 atom stereocenters. The number of nitrogens with zero attached hydrogens (tertiary/aromatic N) is 6. The fraction of sp³-hybridized carbons (Fsp3) is 0. The fourth-order valence-electron chi connectivity index (χ4n) is 2.20. The number of hydrogen-bond acceptors (Lipinski definition) is 6. The van der Waals surface area contributed by atoms with Crippen molar-refractivity contribution < 1.29 is 0 Å². The number of hydrogen-bond donors (Lipinski definition) is 1. The summed E-state index contributed by atoms with van der Waals surface area (Å²) in [5.41, 5.74) is 6.24. The topological polar surface area (TPSA) is 80.4 Å². The van der Waals surface area contributed by atoms with Crippen molar-refractivity contribution in [2.75, 3.05) is 5.43 Å². The van der Waals surface area contributed by atoms with E-state index in [2.05, 4.69) is 30.7 Å². The molecule has 22 heavy (non-hydrogen) atoms. The summed E-state index contributed by atoms with van der Waals surface area (Å²) in [7, 11) is 0. The maximum atomic E-state index is 4.54. The molecular weight excluding hydrogens is 278 g/mol. The molecule has 0 radical (unpaired) electrons. The van der Waals surface area contributed by atoms with Gasteiger partial charge >= 0.3 is 0 Å². The highest BCUT2D eigenvalue weighted by Crippen LogP contribution is 2.19. The summed E-state index contributed by atoms with van der Waals surface area (Å²) in [6.45, 7) is 0. The molecule has 0 fully saturated rings. The van der Waals surface area contributed by atoms with Gasteiger partial charge in [-0.1, -0.05) is 18.2 Å². The normalized spacial score (nSPS) is 11.5. The number of para-hydroxylation sites is 2. The quantitative estimate of drug-likeness (QED) is 0.461. The average molecular weight is 289 g/mol. The first-order chi connectivity index (χ1) is 10.9. The minimum Gasteiger partial charge on any atom is -0.277 e. The van der Waals surface area contributed by atoms with Crippen LogP contribution in [0.4, 0.5) is 5.82 Å². The second-order valence-corrected chi connectivity index (χ2v) is 4.63. The van der Waals surface area contributed by atoms with E-state index >= 15 is 0 Å². The van der Waals surface area contributed by atoms with E-state index in [0.29, 0.717) is 11.5 Å². The van der Waals surface area contributed by atoms with Crippen molar-refractivity contribution in [3.8, 4) is 0 Å². The van der Waals surface area contributed by atoms with Crippen LogP contribution in [0.3, 0.4) is 0 Å². The Labute approximate surface area is 125 Å². The Morgan fingerprint density at radius 3 is 3.00 bits per heavy atom. The Morgan fingerprint density at radius 2 is 2.09 bits per heavy atom. The van der Waals surface area contributed by atoms with E-state index in [-0.39, 0.29) is 0 Å². The average Bonchev–Trinajstić information content (AvgIpc) is 3.06. The van der Waals surface area contributed by atoms with Crippen LogP contribution < -0.4 is 5.43 Å². The van der Waals surface area contributed by atoms with E-state index in [9.17, 15) is 0 Å². The first-order valence-corrected chi connectivity index (χ1v) is 6.69. The van der Waals surface area contributed by atoms with Crippen LogP contribution in [0.25, 0.3) is 16.7 Å². The Balaban J connectivity index is 1.74. The molecule has 0 spiro atoms. The highest BCUT2D eigenvalue weighted by atomic mass is 15.3. The summed E-state index contributed by atoms with van der Waals surface area (Å²) < 4.78 is 1.88. The zero-order chi connectivity index (χ0) is 14.8. The first-order valence-electron chi connectivity index (χ1n) is 6.69. The third-order valence-corrected chi connectivity index (χ3v) is 3.20. The Bertz CT molecular complexity index is 959. The zero-order valence-electron chi connectivity index (χ0n) is 11.5. The second kappa shape index (κ2) is 5.21. The SMILES string of the molecule is C(=NNc1nc2ccccc2n2cnnc12)c1cccnc1. The molecule has 106 valence electrons. The van der Waals surface area contributed by atoms with Crippen molar-refractivity contribution in [3.05, 3.63) is 60.7 Å². The molecule has 3 aromatic heterocycles. The van der Waals surface area contributed by atoms with Crippen LogP contribution in [-0.2, 0) is 0 Å². The lowest BCUT2D eigenvalue weighted by Crippen LogP contribution is -1.99. The number of rotatable bonds is 3. The van der Waals surface area contributed by atoms with Crippen LogP contribution in [-0.4, -0.2) is 30.8 Å². The van der Waals surface area contributed by atoms with Gasteiger partial charge in [-0.3, -0.25) is 14.8 Å². The number of fused-ring (bicyclic) bond motifs is 3. The van der Waals surface area contributed by atoms with Crippen molar-refractivity contribution in [2.45, 2.75) is 0 Å². The Morgan fingerprint density at radius 1 is 1.14 bits per heavy atom. The molecule has 7 heteroatoms. The molecule has 0 aliphatic rings. The monoisotopic (exact) mass is 289 g/mol. The highest BCUT2D eigenvalue weighted by Gasteiger charge is 2.08. The zero-order valence-corrected chi connectivity index (χ0v) is 11.5. The fourth-order valence-corrected chi connectivity index (χ4v) is 2.20. The van der Waals surface area contributed by atoms with E-state index < -0.39 is 0 Å². The van der Waals surface area contributed by atoms with E-state index in [0.717, 1.165) is 16.6 Å². The molecule has 1 N–H and O–H groups in total. The molecule has 0 saturated heterocycles. The number of aromatic nitrogens is 5. The smallest absolute Gasteiger partial charge is 0.205 e. The molecule has 3 heterocycles. The van der Waals surface area contributed by atoms with Crippen molar-refractivity contribution >= 4 is 28.7 Å². The minimum atomic E-state index is 0.552. The molecule has 4 aromatic rings. The van der Waals surface area contributed by atoms with Gasteiger partial charge in [0.15, 0.2) is 5.82 Å². The molecule has 7 nitrogen and oxygen atoms in total. The number of anilines is 1. The van der Waals surface area contributed by atoms with Gasteiger partial charge in [0.25, 0.3) is 0 Å². The predicted molar refractivity (Wildman–Crippen MR) is 83.7 cm³/mol. The van der Waals surface area contributed by atoms with Gasteiger partial charge in [0.1, 0.15) is 6.33 Å². The summed E-state index contributed by atoms with van der Waals surface area (Å²) >= 11 is 0. The number of hydrazone groups is 1. The van der Waals surface area contributed by atoms with E-state index in [1.165, 1.54) is 0 Å². The van der Waals surface area contributed by atoms with Crippen LogP contribution in [0.2, 0.25) is 0 Å². The lowest BCUT2D eigenvalue weighted by atomic mass is 10.3. The maximum absolute atomic E-state index is 4.54. The van der Waals surface area contributed by atoms with Gasteiger partial charge in [-0.05, 0) is 18.2 Å². The summed E-state index contributed by atoms with van der Waals surface area (Å²) in [4.78, 5) is 8.57. The third kappa shape index (κ3) is 2.14. The van der Waals surface area contributed by atoms with Gasteiger partial charge < -0.3 is 0 Å². The Hall–Kier alpha value is -3.35. The van der Waals surface area contributed by atoms with Gasteiger partial charge in [-0.2, -0.15) is 5.10 Å². The summed E-state index contributed by atoms with van der Waals surface area (Å²) in [5, 5.41) is 12.2. The molecule has 4 rings (SSSR count). The van der Waals surface area contributed by atoms with Crippen molar-refractivity contribution in [3.63, 3.8) is 0 Å². The highest BCUT2D eigenvalue weighted by molar-refractivity contribution is 5.83. The number of pyridine rings is 1. The minimum absolute atomic E-state index is 0.552. The maximum Gasteiger partial charge on any atom is 0.205 e. The van der Waals surface area contributed by atoms with Crippen LogP contribution in [0.15, 0.2) is 60.2 Å². The van der Waals surface area contributed by atoms with E-state index in [1.54, 1.807) is 24.9 Å². The molecule has 0 aliphatic carbocycles. The van der Waals surface area contributed by atoms with Gasteiger partial charge in [-0.15, -0.1) is 10.2 Å². The largest absolute Gasteiger partial charge is 0.277 e. The second-order valence-electron chi connectivity index (χ2n) is 4.63. The molecule has 0 bridgehead atoms. The van der Waals surface area contributed by atoms with Crippen LogP contribution >= 0.6 is 0 Å². The molecule has 0 saturated carbocycles. The molecule has 0 aliphatic heterocycles. The van der Waals surface area contributed by atoms with Crippen molar-refractivity contribution in [2.24, 2.45) is 5.10 Å². The van der Waals surface area contributed by atoms with E-state index in [1.807, 2.05) is 40.8 Å². The number of nitrogens with one attached hydrogen (secondary N) is 1. The van der Waals surface area contributed by atoms with Crippen LogP contribution in [0.1, 0.15) is 5.56 Å². The van der Waals surface area contributed by atoms with Gasteiger partial charge in [0.2, 0.25) is 5.65 Å². The van der Waals surface area contributed by atoms with Crippen molar-refractivity contribution in [1.82, 2.24) is 24.6 Å². The summed E-state index contributed by atoms with van der Waals surface area (Å²) in [6.07, 6.45) is 6.78. The van der Waals surface area contributed by atoms with Crippen molar-refractivity contribution in [1.29, 1.82) is 0 Å². The molecule has 0 unspecified atom stereocenters. The summed E-state index contributed by atoms with van der Waals surface area (Å²) in [5.74, 6) is 0.552. The van der Waals surface area contributed by atoms with E-state index in [4.69, 9.17) is 0 Å². The lowest BCUT2D eigenvalue weighted by Gasteiger charge is -2.05. The van der Waals surface area contributed by atoms with Gasteiger partial charge in [0.05, 0.1) is 17.2 Å². The van der Waals surface area contributed by atoms with Gasteiger partial charge in [-0.25, -0.2) is 4.98 Å².